The van der Waals surface area contributed by atoms with Crippen LogP contribution in [0.5, 0.6) is 0 Å². The molecule has 0 spiro atoms. The lowest BCUT2D eigenvalue weighted by atomic mass is 9.98. The summed E-state index contributed by atoms with van der Waals surface area (Å²) >= 11 is 0. The molecule has 0 bridgehead atoms. The average Bonchev–Trinajstić information content (AvgIpc) is 2.57. The molecule has 1 aliphatic rings. The van der Waals surface area contributed by atoms with Gasteiger partial charge in [-0.3, -0.25) is 4.79 Å². The summed E-state index contributed by atoms with van der Waals surface area (Å²) in [5.41, 5.74) is 0. The molecule has 0 unspecified atom stereocenters. The lowest BCUT2D eigenvalue weighted by Gasteiger charge is -2.41. The van der Waals surface area contributed by atoms with Crippen LogP contribution in [0.25, 0.3) is 0 Å². The van der Waals surface area contributed by atoms with Crippen LogP contribution in [0.2, 0.25) is 0 Å². The number of aliphatic hydroxyl groups excluding tert-OH is 8. The van der Waals surface area contributed by atoms with E-state index >= 15 is 0 Å². The van der Waals surface area contributed by atoms with Gasteiger partial charge >= 0.3 is 0 Å². The number of hydrogen-bond acceptors (Lipinski definition) is 11. The van der Waals surface area contributed by atoms with E-state index in [9.17, 15) is 30.3 Å². The van der Waals surface area contributed by atoms with E-state index in [1.165, 1.54) is 0 Å². The number of Topliss-reactive ketones (excluding diaryl/α,β-unsaturated/α-hetero) is 1. The highest BCUT2D eigenvalue weighted by molar-refractivity contribution is 5.84. The van der Waals surface area contributed by atoms with Crippen molar-refractivity contribution in [3.8, 4) is 0 Å². The normalized spacial score (nSPS) is 35.6. The van der Waals surface area contributed by atoms with E-state index in [0.717, 1.165) is 0 Å². The van der Waals surface area contributed by atoms with Crippen LogP contribution in [0.3, 0.4) is 0 Å². The lowest BCUT2D eigenvalue weighted by molar-refractivity contribution is -0.315. The summed E-state index contributed by atoms with van der Waals surface area (Å²) in [5, 5.41) is 74.9. The highest BCUT2D eigenvalue weighted by Gasteiger charge is 2.46. The van der Waals surface area contributed by atoms with Gasteiger partial charge in [0.05, 0.1) is 13.2 Å². The highest BCUT2D eigenvalue weighted by Crippen LogP contribution is 2.24. The topological polar surface area (TPSA) is 197 Å². The predicted octanol–water partition coefficient (Wildman–Crippen LogP) is -5.55. The molecule has 0 aromatic rings. The van der Waals surface area contributed by atoms with Crippen molar-refractivity contribution in [3.05, 3.63) is 0 Å². The van der Waals surface area contributed by atoms with Crippen molar-refractivity contribution in [2.75, 3.05) is 19.8 Å². The van der Waals surface area contributed by atoms with E-state index in [4.69, 9.17) is 24.8 Å². The highest BCUT2D eigenvalue weighted by atomic mass is 16.7. The first-order valence-corrected chi connectivity index (χ1v) is 6.85. The number of hydrogen-bond donors (Lipinski definition) is 8. The largest absolute Gasteiger partial charge is 0.394 e. The molecule has 1 aliphatic heterocycles. The SMILES string of the molecule is O=C(CO)[C@H](O[C@@H]1O[C@H](CO)[C@@H](O)[C@H](O)[C@H]1O)[C@@H](O)[C@H](O)CO. The molecule has 1 fully saturated rings. The molecule has 23 heavy (non-hydrogen) atoms. The Labute approximate surface area is 130 Å². The standard InChI is InChI=1S/C12H22O11/c13-1-4(16)7(18)11(5(17)2-14)23-12-10(21)9(20)8(19)6(3-15)22-12/h4,6-16,18-21H,1-3H2/t4-,6-,7+,8-,9+,10-,11+,12+/m1/s1. The zero-order valence-corrected chi connectivity index (χ0v) is 12.0. The molecule has 8 atom stereocenters. The Morgan fingerprint density at radius 3 is 2.13 bits per heavy atom. The molecule has 8 N–H and O–H groups in total. The number of carbonyl (C=O) groups excluding carboxylic acids is 1. The van der Waals surface area contributed by atoms with E-state index < -0.39 is 74.6 Å². The summed E-state index contributed by atoms with van der Waals surface area (Å²) < 4.78 is 10.0. The van der Waals surface area contributed by atoms with Crippen molar-refractivity contribution in [2.45, 2.75) is 49.0 Å². The molecule has 11 nitrogen and oxygen atoms in total. The summed E-state index contributed by atoms with van der Waals surface area (Å²) in [6.45, 7) is -2.71. The first kappa shape index (κ1) is 20.3. The summed E-state index contributed by atoms with van der Waals surface area (Å²) in [5.74, 6) is -1.08. The minimum Gasteiger partial charge on any atom is -0.394 e. The Balaban J connectivity index is 2.91. The quantitative estimate of drug-likeness (QED) is 0.209. The molecule has 0 saturated carbocycles. The van der Waals surface area contributed by atoms with Crippen LogP contribution in [-0.4, -0.2) is 115 Å². The third-order valence-corrected chi connectivity index (χ3v) is 3.49. The third-order valence-electron chi connectivity index (χ3n) is 3.49. The van der Waals surface area contributed by atoms with Gasteiger partial charge in [-0.2, -0.15) is 0 Å². The maximum Gasteiger partial charge on any atom is 0.189 e. The fourth-order valence-electron chi connectivity index (χ4n) is 2.07. The Hall–Kier alpha value is -0.730. The van der Waals surface area contributed by atoms with E-state index in [0.29, 0.717) is 0 Å². The second kappa shape index (κ2) is 8.94. The third kappa shape index (κ3) is 4.64. The van der Waals surface area contributed by atoms with Gasteiger partial charge in [-0.05, 0) is 0 Å². The van der Waals surface area contributed by atoms with Gasteiger partial charge in [0.25, 0.3) is 0 Å². The van der Waals surface area contributed by atoms with Gasteiger partial charge in [0, 0.05) is 0 Å². The van der Waals surface area contributed by atoms with Crippen molar-refractivity contribution >= 4 is 5.78 Å². The second-order valence-corrected chi connectivity index (χ2v) is 5.12. The Kier molecular flexibility index (Phi) is 7.89. The summed E-state index contributed by atoms with van der Waals surface area (Å²) in [6.07, 6.45) is -13.9. The van der Waals surface area contributed by atoms with Crippen molar-refractivity contribution in [2.24, 2.45) is 0 Å². The van der Waals surface area contributed by atoms with E-state index in [1.54, 1.807) is 0 Å². The van der Waals surface area contributed by atoms with Crippen LogP contribution in [0.4, 0.5) is 0 Å². The van der Waals surface area contributed by atoms with Gasteiger partial charge in [-0.15, -0.1) is 0 Å². The molecule has 0 aromatic heterocycles. The number of aliphatic hydroxyl groups is 8. The maximum atomic E-state index is 11.6. The van der Waals surface area contributed by atoms with Crippen LogP contribution in [0, 0.1) is 0 Å². The van der Waals surface area contributed by atoms with Gasteiger partial charge in [0.2, 0.25) is 0 Å². The number of rotatable bonds is 8. The van der Waals surface area contributed by atoms with Crippen molar-refractivity contribution in [3.63, 3.8) is 0 Å². The molecule has 11 heteroatoms. The first-order valence-electron chi connectivity index (χ1n) is 6.85. The molecular formula is C12H22O11. The van der Waals surface area contributed by atoms with Gasteiger partial charge in [-0.25, -0.2) is 0 Å². The minimum atomic E-state index is -1.95. The molecule has 136 valence electrons. The van der Waals surface area contributed by atoms with Crippen molar-refractivity contribution in [1.82, 2.24) is 0 Å². The molecule has 1 rings (SSSR count). The van der Waals surface area contributed by atoms with Crippen LogP contribution >= 0.6 is 0 Å². The predicted molar refractivity (Wildman–Crippen MR) is 69.8 cm³/mol. The summed E-state index contributed by atoms with van der Waals surface area (Å²) in [7, 11) is 0. The minimum absolute atomic E-state index is 0.731. The fourth-order valence-corrected chi connectivity index (χ4v) is 2.07. The first-order chi connectivity index (χ1) is 10.8. The Bertz CT molecular complexity index is 376. The number of carbonyl (C=O) groups is 1. The molecule has 1 saturated heterocycles. The van der Waals surface area contributed by atoms with Gasteiger partial charge in [-0.1, -0.05) is 0 Å². The zero-order chi connectivity index (χ0) is 17.7. The zero-order valence-electron chi connectivity index (χ0n) is 12.0. The van der Waals surface area contributed by atoms with E-state index in [-0.39, 0.29) is 0 Å². The average molecular weight is 342 g/mol. The molecular weight excluding hydrogens is 320 g/mol. The molecule has 1 heterocycles. The molecule has 0 radical (unpaired) electrons. The lowest BCUT2D eigenvalue weighted by Crippen LogP contribution is -2.61. The Morgan fingerprint density at radius 1 is 1.04 bits per heavy atom. The van der Waals surface area contributed by atoms with Gasteiger partial charge in [0.15, 0.2) is 12.1 Å². The molecule has 0 aliphatic carbocycles. The van der Waals surface area contributed by atoms with Gasteiger partial charge < -0.3 is 50.3 Å². The Morgan fingerprint density at radius 2 is 1.65 bits per heavy atom. The maximum absolute atomic E-state index is 11.6. The molecule has 0 amide bonds. The summed E-state index contributed by atoms with van der Waals surface area (Å²) in [6, 6.07) is 0. The number of ether oxygens (including phenoxy) is 2. The van der Waals surface area contributed by atoms with Crippen molar-refractivity contribution in [1.29, 1.82) is 0 Å². The summed E-state index contributed by atoms with van der Waals surface area (Å²) in [4.78, 5) is 11.6. The molecule has 0 aromatic carbocycles. The van der Waals surface area contributed by atoms with Crippen LogP contribution in [-0.2, 0) is 14.3 Å². The fraction of sp³-hybridized carbons (Fsp3) is 0.917. The monoisotopic (exact) mass is 342 g/mol. The number of ketones is 1. The van der Waals surface area contributed by atoms with Crippen LogP contribution in [0.15, 0.2) is 0 Å². The van der Waals surface area contributed by atoms with Crippen LogP contribution in [0.1, 0.15) is 0 Å². The van der Waals surface area contributed by atoms with E-state index in [2.05, 4.69) is 0 Å². The van der Waals surface area contributed by atoms with Crippen LogP contribution < -0.4 is 0 Å². The van der Waals surface area contributed by atoms with Gasteiger partial charge in [0.1, 0.15) is 49.3 Å². The van der Waals surface area contributed by atoms with Crippen molar-refractivity contribution < 1.29 is 55.1 Å². The smallest absolute Gasteiger partial charge is 0.189 e. The second-order valence-electron chi connectivity index (χ2n) is 5.12. The van der Waals surface area contributed by atoms with E-state index in [1.807, 2.05) is 0 Å².